The van der Waals surface area contributed by atoms with E-state index in [1.807, 2.05) is 6.20 Å². The third-order valence-corrected chi connectivity index (χ3v) is 13.8. The Balaban J connectivity index is 0.986. The molecule has 2 unspecified atom stereocenters. The summed E-state index contributed by atoms with van der Waals surface area (Å²) in [6, 6.07) is 15.2. The second kappa shape index (κ2) is 15.6. The number of benzene rings is 2. The summed E-state index contributed by atoms with van der Waals surface area (Å²) in [5.74, 6) is 1.21. The lowest BCUT2D eigenvalue weighted by Crippen LogP contribution is -2.40. The van der Waals surface area contributed by atoms with Crippen molar-refractivity contribution in [1.82, 2.24) is 40.4 Å². The van der Waals surface area contributed by atoms with Gasteiger partial charge in [-0.2, -0.15) is 0 Å². The maximum Gasteiger partial charge on any atom is 0.407 e. The first-order chi connectivity index (χ1) is 28.2. The molecule has 3 fully saturated rings. The number of nitrogens with zero attached hydrogens (tertiary/aromatic N) is 4. The number of aromatic nitrogens is 4. The summed E-state index contributed by atoms with van der Waals surface area (Å²) in [4.78, 5) is 71.8. The van der Waals surface area contributed by atoms with Gasteiger partial charge in [-0.3, -0.25) is 9.59 Å². The third-order valence-electron chi connectivity index (χ3n) is 12.7. The van der Waals surface area contributed by atoms with Crippen molar-refractivity contribution in [2.24, 2.45) is 0 Å². The molecule has 2 aliphatic carbocycles. The second-order valence-corrected chi connectivity index (χ2v) is 17.0. The quantitative estimate of drug-likeness (QED) is 0.122. The van der Waals surface area contributed by atoms with Gasteiger partial charge < -0.3 is 39.9 Å². The van der Waals surface area contributed by atoms with Crippen LogP contribution in [0.5, 0.6) is 0 Å². The van der Waals surface area contributed by atoms with Crippen LogP contribution in [0.4, 0.5) is 9.59 Å². The lowest BCUT2D eigenvalue weighted by atomic mass is 9.56. The predicted octanol–water partition coefficient (Wildman–Crippen LogP) is 7.15. The number of alkyl carbamates (subject to hydrolysis) is 2. The van der Waals surface area contributed by atoms with Crippen LogP contribution in [0.1, 0.15) is 92.6 Å². The van der Waals surface area contributed by atoms with Crippen LogP contribution in [-0.2, 0) is 30.9 Å². The van der Waals surface area contributed by atoms with E-state index in [4.69, 9.17) is 9.97 Å². The van der Waals surface area contributed by atoms with Crippen molar-refractivity contribution < 1.29 is 28.7 Å². The highest BCUT2D eigenvalue weighted by Gasteiger charge is 2.44. The molecule has 2 saturated heterocycles. The summed E-state index contributed by atoms with van der Waals surface area (Å²) in [6.07, 6.45) is 11.0. The van der Waals surface area contributed by atoms with Crippen molar-refractivity contribution in [2.75, 3.05) is 40.4 Å². The molecule has 2 aliphatic heterocycles. The molecular weight excluding hydrogens is 757 g/mol. The number of hydrogen-bond donors (Lipinski definition) is 4. The largest absolute Gasteiger partial charge is 0.453 e. The molecule has 0 radical (unpaired) electrons. The Kier molecular flexibility index (Phi) is 10.2. The van der Waals surface area contributed by atoms with Crippen LogP contribution in [0.15, 0.2) is 48.7 Å². The summed E-state index contributed by atoms with van der Waals surface area (Å²) in [5.41, 5.74) is 9.62. The molecular formula is C43H48N8O6S. The van der Waals surface area contributed by atoms with E-state index in [1.54, 1.807) is 21.1 Å². The number of nitrogens with one attached hydrogen (secondary N) is 4. The molecule has 1 saturated carbocycles. The number of thiophene rings is 1. The van der Waals surface area contributed by atoms with E-state index in [2.05, 4.69) is 72.5 Å². The van der Waals surface area contributed by atoms with Crippen LogP contribution in [-0.4, -0.2) is 94.1 Å². The normalized spacial score (nSPS) is 19.6. The van der Waals surface area contributed by atoms with Gasteiger partial charge in [0, 0.05) is 18.0 Å². The number of likely N-dealkylation sites (tertiary alicyclic amines) is 2. The maximum atomic E-state index is 13.0. The van der Waals surface area contributed by atoms with Crippen LogP contribution in [0.3, 0.4) is 0 Å². The van der Waals surface area contributed by atoms with E-state index in [1.165, 1.54) is 73.5 Å². The Labute approximate surface area is 340 Å². The van der Waals surface area contributed by atoms with E-state index in [-0.39, 0.29) is 42.4 Å². The van der Waals surface area contributed by atoms with E-state index in [0.29, 0.717) is 13.1 Å². The molecule has 1 spiro atoms. The molecule has 5 heterocycles. The van der Waals surface area contributed by atoms with Crippen molar-refractivity contribution >= 4 is 46.4 Å². The van der Waals surface area contributed by atoms with Gasteiger partial charge in [0.1, 0.15) is 24.7 Å². The van der Waals surface area contributed by atoms with Crippen molar-refractivity contribution in [3.8, 4) is 32.1 Å². The van der Waals surface area contributed by atoms with Gasteiger partial charge in [0.05, 0.1) is 54.1 Å². The summed E-state index contributed by atoms with van der Waals surface area (Å²) >= 11 is 1.76. The standard InChI is InChI=1S/C43H48N8O6S/c1-56-41(54)45-23-36(52)50-19-4-8-32(50)39-44-22-31(49-39)35-15-14-34(58-35)27-12-11-26(38-28(27)7-3-16-43(38)17-6-18-43)25-10-13-29-30(21-25)48-40(47-29)33-9-5-20-51(33)37(53)24-46-42(55)57-2/h10-15,21-22,32-33H,3-9,16-20,23-24H2,1-2H3,(H,44,49)(H,45,54)(H,46,55)(H,47,48). The minimum Gasteiger partial charge on any atom is -0.453 e. The minimum atomic E-state index is -0.626. The number of methoxy groups -OCH3 is 2. The number of aromatic amines is 2. The fourth-order valence-corrected chi connectivity index (χ4v) is 10.8. The molecule has 302 valence electrons. The highest BCUT2D eigenvalue weighted by Crippen LogP contribution is 2.56. The van der Waals surface area contributed by atoms with Crippen LogP contribution < -0.4 is 10.6 Å². The summed E-state index contributed by atoms with van der Waals surface area (Å²) in [5, 5.41) is 5.01. The van der Waals surface area contributed by atoms with Crippen molar-refractivity contribution in [3.05, 3.63) is 71.4 Å². The number of rotatable bonds is 9. The molecule has 58 heavy (non-hydrogen) atoms. The van der Waals surface area contributed by atoms with Crippen molar-refractivity contribution in [3.63, 3.8) is 0 Å². The Morgan fingerprint density at radius 3 is 2.12 bits per heavy atom. The molecule has 15 heteroatoms. The number of fused-ring (bicyclic) bond motifs is 3. The summed E-state index contributed by atoms with van der Waals surface area (Å²) < 4.78 is 9.27. The first-order valence-electron chi connectivity index (χ1n) is 20.3. The molecule has 4 aliphatic rings. The molecule has 9 rings (SSSR count). The van der Waals surface area contributed by atoms with Gasteiger partial charge in [0.25, 0.3) is 0 Å². The molecule has 5 aromatic rings. The third kappa shape index (κ3) is 6.88. The number of hydrogen-bond acceptors (Lipinski definition) is 9. The average molecular weight is 805 g/mol. The zero-order valence-electron chi connectivity index (χ0n) is 32.8. The van der Waals surface area contributed by atoms with E-state index < -0.39 is 12.2 Å². The number of carbonyl (C=O) groups excluding carboxylic acids is 4. The molecule has 2 aromatic carbocycles. The molecule has 4 amide bonds. The molecule has 0 bridgehead atoms. The first-order valence-corrected chi connectivity index (χ1v) is 21.1. The van der Waals surface area contributed by atoms with Crippen LogP contribution in [0, 0.1) is 0 Å². The van der Waals surface area contributed by atoms with Crippen molar-refractivity contribution in [1.29, 1.82) is 0 Å². The Morgan fingerprint density at radius 2 is 1.45 bits per heavy atom. The number of ether oxygens (including phenoxy) is 2. The molecule has 4 N–H and O–H groups in total. The smallest absolute Gasteiger partial charge is 0.407 e. The van der Waals surface area contributed by atoms with Gasteiger partial charge in [0.2, 0.25) is 11.8 Å². The Bertz CT molecular complexity index is 2400. The number of carbonyl (C=O) groups is 4. The van der Waals surface area contributed by atoms with Crippen LogP contribution in [0.25, 0.3) is 43.2 Å². The Morgan fingerprint density at radius 1 is 0.793 bits per heavy atom. The average Bonchev–Trinajstić information content (AvgIpc) is 4.09. The second-order valence-electron chi connectivity index (χ2n) is 15.9. The molecule has 3 aromatic heterocycles. The van der Waals surface area contributed by atoms with Gasteiger partial charge in [-0.15, -0.1) is 11.3 Å². The van der Waals surface area contributed by atoms with E-state index in [0.717, 1.165) is 70.9 Å². The van der Waals surface area contributed by atoms with Crippen molar-refractivity contribution in [2.45, 2.75) is 81.7 Å². The predicted molar refractivity (Wildman–Crippen MR) is 219 cm³/mol. The minimum absolute atomic E-state index is 0.114. The fourth-order valence-electron chi connectivity index (χ4n) is 9.77. The monoisotopic (exact) mass is 804 g/mol. The Hall–Kier alpha value is -5.70. The van der Waals surface area contributed by atoms with Crippen LogP contribution in [0.2, 0.25) is 0 Å². The van der Waals surface area contributed by atoms with Gasteiger partial charge in [0.15, 0.2) is 0 Å². The molecule has 2 atom stereocenters. The SMILES string of the molecule is COC(=O)NCC(=O)N1CCCC1c1ncc(-c2ccc(-c3ccc(-c4ccc5nc(C6CCCN6C(=O)CNC(=O)OC)[nH]c5c4)c4c3CCCC43CCC3)s2)[nH]1. The number of H-pyrrole nitrogens is 2. The fraction of sp³-hybridized carbons (Fsp3) is 0.442. The number of amides is 4. The van der Waals surface area contributed by atoms with Gasteiger partial charge >= 0.3 is 12.2 Å². The van der Waals surface area contributed by atoms with Gasteiger partial charge in [-0.05, 0) is 115 Å². The molecule has 14 nitrogen and oxygen atoms in total. The highest BCUT2D eigenvalue weighted by molar-refractivity contribution is 7.18. The van der Waals surface area contributed by atoms with Gasteiger partial charge in [-0.25, -0.2) is 19.6 Å². The van der Waals surface area contributed by atoms with E-state index in [9.17, 15) is 19.2 Å². The highest BCUT2D eigenvalue weighted by atomic mass is 32.1. The summed E-state index contributed by atoms with van der Waals surface area (Å²) in [7, 11) is 2.56. The zero-order valence-corrected chi connectivity index (χ0v) is 33.6. The summed E-state index contributed by atoms with van der Waals surface area (Å²) in [6.45, 7) is 1.00. The first kappa shape index (κ1) is 37.9. The maximum absolute atomic E-state index is 13.0. The van der Waals surface area contributed by atoms with E-state index >= 15 is 0 Å². The lowest BCUT2D eigenvalue weighted by molar-refractivity contribution is -0.132. The van der Waals surface area contributed by atoms with Gasteiger partial charge in [-0.1, -0.05) is 24.6 Å². The topological polar surface area (TPSA) is 175 Å². The zero-order chi connectivity index (χ0) is 40.0. The lowest BCUT2D eigenvalue weighted by Gasteiger charge is -2.48. The number of imidazole rings is 2. The van der Waals surface area contributed by atoms with Crippen LogP contribution >= 0.6 is 11.3 Å².